The van der Waals surface area contributed by atoms with Crippen LogP contribution in [0.2, 0.25) is 0 Å². The van der Waals surface area contributed by atoms with Gasteiger partial charge in [0.1, 0.15) is 11.8 Å². The molecule has 1 atom stereocenters. The Morgan fingerprint density at radius 2 is 1.87 bits per heavy atom. The summed E-state index contributed by atoms with van der Waals surface area (Å²) in [7, 11) is 0. The van der Waals surface area contributed by atoms with Crippen LogP contribution < -0.4 is 5.73 Å². The molecule has 80 valence electrons. The molecular weight excluding hydrogens is 194 g/mol. The first-order chi connectivity index (χ1) is 7.09. The van der Waals surface area contributed by atoms with E-state index in [1.54, 1.807) is 0 Å². The summed E-state index contributed by atoms with van der Waals surface area (Å²) < 4.78 is 0. The van der Waals surface area contributed by atoms with Crippen LogP contribution in [0.3, 0.4) is 0 Å². The molecule has 4 nitrogen and oxygen atoms in total. The Labute approximate surface area is 87.7 Å². The Morgan fingerprint density at radius 1 is 1.27 bits per heavy atom. The molecule has 0 aliphatic rings. The van der Waals surface area contributed by atoms with Crippen molar-refractivity contribution in [1.29, 1.82) is 0 Å². The highest BCUT2D eigenvalue weighted by Crippen LogP contribution is 2.03. The van der Waals surface area contributed by atoms with E-state index in [1.807, 2.05) is 30.3 Å². The van der Waals surface area contributed by atoms with Gasteiger partial charge in [0.15, 0.2) is 0 Å². The number of carboxylic acids is 1. The Bertz CT molecular complexity index is 348. The van der Waals surface area contributed by atoms with Crippen LogP contribution >= 0.6 is 0 Å². The van der Waals surface area contributed by atoms with Gasteiger partial charge in [-0.2, -0.15) is 0 Å². The van der Waals surface area contributed by atoms with E-state index < -0.39 is 12.0 Å². The molecule has 0 amide bonds. The van der Waals surface area contributed by atoms with Gasteiger partial charge in [0.25, 0.3) is 0 Å². The summed E-state index contributed by atoms with van der Waals surface area (Å²) in [6.45, 7) is 0. The van der Waals surface area contributed by atoms with Crippen molar-refractivity contribution in [1.82, 2.24) is 0 Å². The Kier molecular flexibility index (Phi) is 4.00. The smallest absolute Gasteiger partial charge is 0.320 e. The van der Waals surface area contributed by atoms with Crippen LogP contribution in [-0.2, 0) is 16.0 Å². The van der Waals surface area contributed by atoms with Gasteiger partial charge in [-0.15, -0.1) is 0 Å². The van der Waals surface area contributed by atoms with Gasteiger partial charge in [-0.25, -0.2) is 0 Å². The number of hydrogen-bond acceptors (Lipinski definition) is 3. The number of aliphatic carboxylic acids is 1. The second kappa shape index (κ2) is 5.26. The Balaban J connectivity index is 2.47. The van der Waals surface area contributed by atoms with Crippen LogP contribution in [-0.4, -0.2) is 22.9 Å². The zero-order chi connectivity index (χ0) is 11.3. The number of ketones is 1. The molecule has 0 bridgehead atoms. The van der Waals surface area contributed by atoms with Gasteiger partial charge < -0.3 is 10.8 Å². The molecule has 0 unspecified atom stereocenters. The number of carbonyl (C=O) groups excluding carboxylic acids is 1. The van der Waals surface area contributed by atoms with E-state index in [9.17, 15) is 9.59 Å². The molecule has 0 heterocycles. The van der Waals surface area contributed by atoms with E-state index in [1.165, 1.54) is 0 Å². The third-order valence-electron chi connectivity index (χ3n) is 2.01. The number of carbonyl (C=O) groups is 2. The van der Waals surface area contributed by atoms with E-state index in [2.05, 4.69) is 0 Å². The summed E-state index contributed by atoms with van der Waals surface area (Å²) in [6, 6.07) is 8.08. The van der Waals surface area contributed by atoms with Crippen molar-refractivity contribution >= 4 is 11.8 Å². The number of carboxylic acid groups (broad SMARTS) is 1. The van der Waals surface area contributed by atoms with Crippen LogP contribution in [0.25, 0.3) is 0 Å². The first kappa shape index (κ1) is 11.4. The molecule has 0 aromatic heterocycles. The lowest BCUT2D eigenvalue weighted by molar-refractivity contribution is -0.140. The van der Waals surface area contributed by atoms with Gasteiger partial charge in [0.2, 0.25) is 0 Å². The molecule has 0 aliphatic heterocycles. The average molecular weight is 207 g/mol. The number of benzene rings is 1. The molecule has 4 heteroatoms. The molecule has 0 radical (unpaired) electrons. The molecule has 0 fully saturated rings. The van der Waals surface area contributed by atoms with Crippen LogP contribution in [0.1, 0.15) is 12.0 Å². The Morgan fingerprint density at radius 3 is 2.40 bits per heavy atom. The van der Waals surface area contributed by atoms with Crippen molar-refractivity contribution in [3.8, 4) is 0 Å². The van der Waals surface area contributed by atoms with Crippen LogP contribution in [0, 0.1) is 0 Å². The maximum Gasteiger partial charge on any atom is 0.320 e. The van der Waals surface area contributed by atoms with Crippen molar-refractivity contribution in [2.75, 3.05) is 0 Å². The van der Waals surface area contributed by atoms with Gasteiger partial charge in [0.05, 0.1) is 0 Å². The highest BCUT2D eigenvalue weighted by molar-refractivity contribution is 5.86. The van der Waals surface area contributed by atoms with E-state index >= 15 is 0 Å². The summed E-state index contributed by atoms with van der Waals surface area (Å²) in [6.07, 6.45) is 0.117. The minimum Gasteiger partial charge on any atom is -0.480 e. The highest BCUT2D eigenvalue weighted by Gasteiger charge is 2.16. The normalized spacial score (nSPS) is 12.1. The first-order valence-corrected chi connectivity index (χ1v) is 4.63. The largest absolute Gasteiger partial charge is 0.480 e. The minimum absolute atomic E-state index is 0.121. The maximum absolute atomic E-state index is 11.4. The molecule has 1 aromatic carbocycles. The molecule has 15 heavy (non-hydrogen) atoms. The average Bonchev–Trinajstić information content (AvgIpc) is 2.18. The van der Waals surface area contributed by atoms with Crippen LogP contribution in [0.5, 0.6) is 0 Å². The predicted octanol–water partition coefficient (Wildman–Crippen LogP) is 0.600. The SMILES string of the molecule is N[C@H](CC(=O)Cc1ccccc1)C(=O)O. The summed E-state index contributed by atoms with van der Waals surface area (Å²) >= 11 is 0. The van der Waals surface area contributed by atoms with Gasteiger partial charge in [-0.05, 0) is 5.56 Å². The van der Waals surface area contributed by atoms with E-state index in [0.717, 1.165) is 5.56 Å². The van der Waals surface area contributed by atoms with E-state index in [4.69, 9.17) is 10.8 Å². The third kappa shape index (κ3) is 3.91. The number of Topliss-reactive ketones (excluding diaryl/α,β-unsaturated/α-hetero) is 1. The zero-order valence-corrected chi connectivity index (χ0v) is 8.22. The van der Waals surface area contributed by atoms with Crippen molar-refractivity contribution in [2.24, 2.45) is 5.73 Å². The standard InChI is InChI=1S/C11H13NO3/c12-10(11(14)15)7-9(13)6-8-4-2-1-3-5-8/h1-5,10H,6-7,12H2,(H,14,15)/t10-/m1/s1. The maximum atomic E-state index is 11.4. The fourth-order valence-corrected chi connectivity index (χ4v) is 1.23. The number of nitrogens with two attached hydrogens (primary N) is 1. The lowest BCUT2D eigenvalue weighted by Crippen LogP contribution is -2.32. The predicted molar refractivity (Wildman–Crippen MR) is 55.4 cm³/mol. The minimum atomic E-state index is -1.14. The van der Waals surface area contributed by atoms with Crippen molar-refractivity contribution in [3.63, 3.8) is 0 Å². The van der Waals surface area contributed by atoms with Gasteiger partial charge in [0, 0.05) is 12.8 Å². The summed E-state index contributed by atoms with van der Waals surface area (Å²) in [5, 5.41) is 8.52. The van der Waals surface area contributed by atoms with Gasteiger partial charge in [-0.3, -0.25) is 9.59 Å². The monoisotopic (exact) mass is 207 g/mol. The quantitative estimate of drug-likeness (QED) is 0.740. The zero-order valence-electron chi connectivity index (χ0n) is 8.22. The topological polar surface area (TPSA) is 80.4 Å². The molecule has 0 spiro atoms. The second-order valence-corrected chi connectivity index (χ2v) is 3.35. The van der Waals surface area contributed by atoms with Crippen LogP contribution in [0.15, 0.2) is 30.3 Å². The molecule has 0 saturated heterocycles. The number of hydrogen-bond donors (Lipinski definition) is 2. The first-order valence-electron chi connectivity index (χ1n) is 4.63. The third-order valence-corrected chi connectivity index (χ3v) is 2.01. The van der Waals surface area contributed by atoms with Gasteiger partial charge in [-0.1, -0.05) is 30.3 Å². The fraction of sp³-hybridized carbons (Fsp3) is 0.273. The lowest BCUT2D eigenvalue weighted by atomic mass is 10.0. The van der Waals surface area contributed by atoms with E-state index in [-0.39, 0.29) is 18.6 Å². The summed E-state index contributed by atoms with van der Waals surface area (Å²) in [5.74, 6) is -1.30. The van der Waals surface area contributed by atoms with Crippen molar-refractivity contribution in [3.05, 3.63) is 35.9 Å². The second-order valence-electron chi connectivity index (χ2n) is 3.35. The molecular formula is C11H13NO3. The van der Waals surface area contributed by atoms with Crippen molar-refractivity contribution in [2.45, 2.75) is 18.9 Å². The van der Waals surface area contributed by atoms with Crippen molar-refractivity contribution < 1.29 is 14.7 Å². The Hall–Kier alpha value is -1.68. The molecule has 1 aromatic rings. The molecule has 1 rings (SSSR count). The van der Waals surface area contributed by atoms with Crippen LogP contribution in [0.4, 0.5) is 0 Å². The highest BCUT2D eigenvalue weighted by atomic mass is 16.4. The lowest BCUT2D eigenvalue weighted by Gasteiger charge is -2.05. The summed E-state index contributed by atoms with van der Waals surface area (Å²) in [5.41, 5.74) is 6.13. The molecule has 3 N–H and O–H groups in total. The molecule has 0 saturated carbocycles. The number of rotatable bonds is 5. The van der Waals surface area contributed by atoms with Gasteiger partial charge >= 0.3 is 5.97 Å². The summed E-state index contributed by atoms with van der Waals surface area (Å²) in [4.78, 5) is 21.8. The van der Waals surface area contributed by atoms with E-state index in [0.29, 0.717) is 0 Å². The fourth-order valence-electron chi connectivity index (χ4n) is 1.23. The molecule has 0 aliphatic carbocycles.